The monoisotopic (exact) mass is 384 g/mol. The molecule has 0 spiro atoms. The van der Waals surface area contributed by atoms with Crippen molar-refractivity contribution in [1.82, 2.24) is 14.8 Å². The van der Waals surface area contributed by atoms with Crippen molar-refractivity contribution in [2.24, 2.45) is 0 Å². The van der Waals surface area contributed by atoms with Crippen molar-refractivity contribution in [2.45, 2.75) is 51.7 Å². The predicted octanol–water partition coefficient (Wildman–Crippen LogP) is 3.22. The standard InChI is InChI=1S/C22H32N4O2/c1-14(2)26-9-5-15(6-10-26)23-22-16-7-8-25(3)13-19(16)24-18-12-21(28-4)20(27)11-17(18)22/h11-12,14-15,27H,5-10,13H2,1-4H3,(H,23,24). The highest BCUT2D eigenvalue weighted by molar-refractivity contribution is 5.95. The molecule has 2 aromatic rings. The van der Waals surface area contributed by atoms with E-state index in [0.29, 0.717) is 17.8 Å². The molecule has 1 aromatic carbocycles. The Morgan fingerprint density at radius 1 is 1.21 bits per heavy atom. The number of hydrogen-bond donors (Lipinski definition) is 2. The number of nitrogens with zero attached hydrogens (tertiary/aromatic N) is 3. The van der Waals surface area contributed by atoms with E-state index in [1.807, 2.05) is 12.1 Å². The molecule has 1 saturated heterocycles. The van der Waals surface area contributed by atoms with Gasteiger partial charge < -0.3 is 25.0 Å². The maximum absolute atomic E-state index is 10.4. The Morgan fingerprint density at radius 2 is 1.96 bits per heavy atom. The lowest BCUT2D eigenvalue weighted by Gasteiger charge is -2.36. The molecule has 2 N–H and O–H groups in total. The molecule has 0 amide bonds. The summed E-state index contributed by atoms with van der Waals surface area (Å²) in [5, 5.41) is 15.2. The minimum Gasteiger partial charge on any atom is -0.504 e. The molecule has 0 radical (unpaired) electrons. The van der Waals surface area contributed by atoms with Crippen LogP contribution < -0.4 is 10.1 Å². The van der Waals surface area contributed by atoms with Gasteiger partial charge in [0.05, 0.1) is 18.3 Å². The number of phenols is 1. The molecular weight excluding hydrogens is 352 g/mol. The second kappa shape index (κ2) is 7.76. The van der Waals surface area contributed by atoms with Gasteiger partial charge in [-0.1, -0.05) is 0 Å². The number of rotatable bonds is 4. The smallest absolute Gasteiger partial charge is 0.162 e. The maximum Gasteiger partial charge on any atom is 0.162 e. The molecule has 0 saturated carbocycles. The Kier molecular flexibility index (Phi) is 5.34. The normalized spacial score (nSPS) is 19.2. The second-order valence-electron chi connectivity index (χ2n) is 8.49. The molecule has 28 heavy (non-hydrogen) atoms. The van der Waals surface area contributed by atoms with Crippen LogP contribution in [-0.2, 0) is 13.0 Å². The van der Waals surface area contributed by atoms with E-state index in [1.165, 1.54) is 5.56 Å². The zero-order valence-electron chi connectivity index (χ0n) is 17.5. The minimum atomic E-state index is 0.169. The summed E-state index contributed by atoms with van der Waals surface area (Å²) in [5.41, 5.74) is 4.48. The number of aromatic hydroxyl groups is 1. The molecule has 3 heterocycles. The zero-order chi connectivity index (χ0) is 19.8. The van der Waals surface area contributed by atoms with Gasteiger partial charge in [-0.3, -0.25) is 4.98 Å². The van der Waals surface area contributed by atoms with Crippen LogP contribution in [0.4, 0.5) is 5.69 Å². The summed E-state index contributed by atoms with van der Waals surface area (Å²) in [4.78, 5) is 9.78. The largest absolute Gasteiger partial charge is 0.504 e. The van der Waals surface area contributed by atoms with Crippen molar-refractivity contribution in [3.05, 3.63) is 23.4 Å². The summed E-state index contributed by atoms with van der Waals surface area (Å²) in [6, 6.07) is 4.72. The fourth-order valence-corrected chi connectivity index (χ4v) is 4.50. The van der Waals surface area contributed by atoms with E-state index in [1.54, 1.807) is 7.11 Å². The topological polar surface area (TPSA) is 60.9 Å². The molecule has 4 rings (SSSR count). The molecule has 6 nitrogen and oxygen atoms in total. The lowest BCUT2D eigenvalue weighted by Crippen LogP contribution is -2.42. The van der Waals surface area contributed by atoms with Gasteiger partial charge in [0.15, 0.2) is 11.5 Å². The number of pyridine rings is 1. The molecule has 0 unspecified atom stereocenters. The number of likely N-dealkylation sites (N-methyl/N-ethyl adjacent to an activating group) is 1. The van der Waals surface area contributed by atoms with Crippen LogP contribution in [0.1, 0.15) is 37.9 Å². The molecule has 6 heteroatoms. The number of anilines is 1. The lowest BCUT2D eigenvalue weighted by molar-refractivity contribution is 0.177. The van der Waals surface area contributed by atoms with Crippen LogP contribution in [0.15, 0.2) is 12.1 Å². The third kappa shape index (κ3) is 3.63. The number of likely N-dealkylation sites (tertiary alicyclic amines) is 1. The molecule has 1 fully saturated rings. The highest BCUT2D eigenvalue weighted by atomic mass is 16.5. The number of nitrogens with one attached hydrogen (secondary N) is 1. The Hall–Kier alpha value is -2.05. The highest BCUT2D eigenvalue weighted by Crippen LogP contribution is 2.38. The van der Waals surface area contributed by atoms with E-state index < -0.39 is 0 Å². The molecule has 0 bridgehead atoms. The fraction of sp³-hybridized carbons (Fsp3) is 0.591. The van der Waals surface area contributed by atoms with Crippen LogP contribution in [0.3, 0.4) is 0 Å². The summed E-state index contributed by atoms with van der Waals surface area (Å²) < 4.78 is 5.32. The first-order valence-electron chi connectivity index (χ1n) is 10.4. The average Bonchev–Trinajstić information content (AvgIpc) is 2.68. The van der Waals surface area contributed by atoms with Gasteiger partial charge >= 0.3 is 0 Å². The average molecular weight is 385 g/mol. The Labute approximate surface area is 167 Å². The zero-order valence-corrected chi connectivity index (χ0v) is 17.5. The summed E-state index contributed by atoms with van der Waals surface area (Å²) in [6.45, 7) is 8.68. The van der Waals surface area contributed by atoms with E-state index >= 15 is 0 Å². The molecule has 1 aromatic heterocycles. The van der Waals surface area contributed by atoms with Gasteiger partial charge in [0.2, 0.25) is 0 Å². The van der Waals surface area contributed by atoms with Crippen molar-refractivity contribution in [3.8, 4) is 11.5 Å². The highest BCUT2D eigenvalue weighted by Gasteiger charge is 2.26. The van der Waals surface area contributed by atoms with Gasteiger partial charge in [0, 0.05) is 61.0 Å². The van der Waals surface area contributed by atoms with Crippen LogP contribution in [0, 0.1) is 0 Å². The number of benzene rings is 1. The van der Waals surface area contributed by atoms with Crippen molar-refractivity contribution in [2.75, 3.05) is 39.1 Å². The number of ether oxygens (including phenoxy) is 1. The van der Waals surface area contributed by atoms with Gasteiger partial charge in [-0.25, -0.2) is 0 Å². The van der Waals surface area contributed by atoms with E-state index in [9.17, 15) is 5.11 Å². The van der Waals surface area contributed by atoms with Crippen LogP contribution in [0.5, 0.6) is 11.5 Å². The van der Waals surface area contributed by atoms with E-state index in [2.05, 4.69) is 36.0 Å². The molecule has 0 aliphatic carbocycles. The first-order chi connectivity index (χ1) is 13.5. The SMILES string of the molecule is COc1cc2nc3c(c(NC4CCN(C(C)C)CC4)c2cc1O)CCN(C)C3. The number of hydrogen-bond acceptors (Lipinski definition) is 6. The number of fused-ring (bicyclic) bond motifs is 2. The maximum atomic E-state index is 10.4. The first-order valence-corrected chi connectivity index (χ1v) is 10.4. The molecule has 0 atom stereocenters. The van der Waals surface area contributed by atoms with Gasteiger partial charge in [0.1, 0.15) is 0 Å². The predicted molar refractivity (Wildman–Crippen MR) is 113 cm³/mol. The van der Waals surface area contributed by atoms with Crippen LogP contribution in [-0.4, -0.2) is 65.8 Å². The number of aromatic nitrogens is 1. The summed E-state index contributed by atoms with van der Waals surface area (Å²) >= 11 is 0. The third-order valence-electron chi connectivity index (χ3n) is 6.24. The van der Waals surface area contributed by atoms with Crippen molar-refractivity contribution in [1.29, 1.82) is 0 Å². The molecule has 152 valence electrons. The third-order valence-corrected chi connectivity index (χ3v) is 6.24. The Bertz CT molecular complexity index is 859. The number of piperidine rings is 1. The molecular formula is C22H32N4O2. The van der Waals surface area contributed by atoms with E-state index in [-0.39, 0.29) is 5.75 Å². The lowest BCUT2D eigenvalue weighted by atomic mass is 9.97. The summed E-state index contributed by atoms with van der Waals surface area (Å²) in [6.07, 6.45) is 3.26. The van der Waals surface area contributed by atoms with Crippen LogP contribution in [0.2, 0.25) is 0 Å². The Morgan fingerprint density at radius 3 is 2.64 bits per heavy atom. The Balaban J connectivity index is 1.72. The molecule has 2 aliphatic rings. The van der Waals surface area contributed by atoms with Crippen molar-refractivity contribution < 1.29 is 9.84 Å². The first kappa shape index (κ1) is 19.3. The van der Waals surface area contributed by atoms with Gasteiger partial charge in [-0.15, -0.1) is 0 Å². The van der Waals surface area contributed by atoms with Gasteiger partial charge in [-0.05, 0) is 46.2 Å². The van der Waals surface area contributed by atoms with Gasteiger partial charge in [0.25, 0.3) is 0 Å². The van der Waals surface area contributed by atoms with Crippen molar-refractivity contribution >= 4 is 16.6 Å². The number of methoxy groups -OCH3 is 1. The summed E-state index contributed by atoms with van der Waals surface area (Å²) in [5.74, 6) is 0.641. The van der Waals surface area contributed by atoms with E-state index in [0.717, 1.165) is 67.7 Å². The quantitative estimate of drug-likeness (QED) is 0.844. The van der Waals surface area contributed by atoms with Crippen LogP contribution in [0.25, 0.3) is 10.9 Å². The number of phenolic OH excluding ortho intramolecular Hbond substituents is 1. The fourth-order valence-electron chi connectivity index (χ4n) is 4.50. The summed E-state index contributed by atoms with van der Waals surface area (Å²) in [7, 11) is 3.72. The molecule has 2 aliphatic heterocycles. The minimum absolute atomic E-state index is 0.169. The van der Waals surface area contributed by atoms with Crippen LogP contribution >= 0.6 is 0 Å². The van der Waals surface area contributed by atoms with Crippen molar-refractivity contribution in [3.63, 3.8) is 0 Å². The van der Waals surface area contributed by atoms with E-state index in [4.69, 9.17) is 9.72 Å². The van der Waals surface area contributed by atoms with Gasteiger partial charge in [-0.2, -0.15) is 0 Å². The second-order valence-corrected chi connectivity index (χ2v) is 8.49.